The molecule has 21 heavy (non-hydrogen) atoms. The highest BCUT2D eigenvalue weighted by Crippen LogP contribution is 2.22. The van der Waals surface area contributed by atoms with E-state index in [0.717, 1.165) is 13.0 Å². The van der Waals surface area contributed by atoms with Crippen LogP contribution in [0, 0.1) is 5.82 Å². The van der Waals surface area contributed by atoms with Gasteiger partial charge in [0.1, 0.15) is 5.82 Å². The largest absolute Gasteiger partial charge is 0.384 e. The van der Waals surface area contributed by atoms with Crippen molar-refractivity contribution in [2.75, 3.05) is 17.2 Å². The van der Waals surface area contributed by atoms with Crippen LogP contribution >= 0.6 is 11.6 Å². The van der Waals surface area contributed by atoms with Crippen LogP contribution in [0.25, 0.3) is 0 Å². The van der Waals surface area contributed by atoms with Crippen molar-refractivity contribution in [3.8, 4) is 0 Å². The van der Waals surface area contributed by atoms with E-state index in [4.69, 9.17) is 11.6 Å². The van der Waals surface area contributed by atoms with Crippen LogP contribution in [-0.4, -0.2) is 12.5 Å². The molecule has 2 rings (SSSR count). The minimum atomic E-state index is -0.400. The molecule has 2 aromatic carbocycles. The Hall–Kier alpha value is -2.07. The van der Waals surface area contributed by atoms with Crippen LogP contribution in [0.1, 0.15) is 23.7 Å². The maximum Gasteiger partial charge on any atom is 0.257 e. The Morgan fingerprint density at radius 3 is 2.76 bits per heavy atom. The van der Waals surface area contributed by atoms with Crippen molar-refractivity contribution in [1.82, 2.24) is 0 Å². The smallest absolute Gasteiger partial charge is 0.257 e. The molecule has 0 saturated heterocycles. The third kappa shape index (κ3) is 4.20. The van der Waals surface area contributed by atoms with E-state index in [1.54, 1.807) is 30.3 Å². The van der Waals surface area contributed by atoms with Gasteiger partial charge in [0, 0.05) is 22.9 Å². The zero-order valence-corrected chi connectivity index (χ0v) is 12.4. The Kier molecular flexibility index (Phi) is 5.17. The van der Waals surface area contributed by atoms with Crippen LogP contribution in [0.3, 0.4) is 0 Å². The summed E-state index contributed by atoms with van der Waals surface area (Å²) in [5.41, 5.74) is 1.54. The summed E-state index contributed by atoms with van der Waals surface area (Å²) >= 11 is 5.96. The Morgan fingerprint density at radius 2 is 2.05 bits per heavy atom. The highest BCUT2D eigenvalue weighted by Gasteiger charge is 2.12. The van der Waals surface area contributed by atoms with E-state index in [9.17, 15) is 9.18 Å². The number of anilines is 2. The van der Waals surface area contributed by atoms with Gasteiger partial charge >= 0.3 is 0 Å². The molecule has 0 aliphatic carbocycles. The van der Waals surface area contributed by atoms with E-state index in [2.05, 4.69) is 10.6 Å². The molecule has 110 valence electrons. The highest BCUT2D eigenvalue weighted by molar-refractivity contribution is 6.31. The summed E-state index contributed by atoms with van der Waals surface area (Å²) in [5.74, 6) is -0.732. The van der Waals surface area contributed by atoms with Crippen LogP contribution in [0.5, 0.6) is 0 Å². The second-order valence-corrected chi connectivity index (χ2v) is 5.02. The zero-order valence-electron chi connectivity index (χ0n) is 11.6. The van der Waals surface area contributed by atoms with Gasteiger partial charge in [-0.05, 0) is 42.8 Å². The average Bonchev–Trinajstić information content (AvgIpc) is 2.46. The second-order valence-electron chi connectivity index (χ2n) is 4.58. The number of amides is 1. The van der Waals surface area contributed by atoms with E-state index in [1.165, 1.54) is 12.1 Å². The minimum Gasteiger partial charge on any atom is -0.384 e. The van der Waals surface area contributed by atoms with Crippen molar-refractivity contribution < 1.29 is 9.18 Å². The third-order valence-electron chi connectivity index (χ3n) is 2.87. The lowest BCUT2D eigenvalue weighted by molar-refractivity contribution is 0.102. The average molecular weight is 307 g/mol. The Bertz CT molecular complexity index is 646. The quantitative estimate of drug-likeness (QED) is 0.850. The molecule has 0 aromatic heterocycles. The maximum atomic E-state index is 13.1. The van der Waals surface area contributed by atoms with Gasteiger partial charge in [0.25, 0.3) is 5.91 Å². The van der Waals surface area contributed by atoms with Crippen LogP contribution in [0.2, 0.25) is 5.02 Å². The van der Waals surface area contributed by atoms with Crippen LogP contribution in [0.15, 0.2) is 42.5 Å². The summed E-state index contributed by atoms with van der Waals surface area (Å²) in [6.07, 6.45) is 0.938. The first-order valence-corrected chi connectivity index (χ1v) is 7.08. The molecule has 0 bridgehead atoms. The van der Waals surface area contributed by atoms with Gasteiger partial charge < -0.3 is 10.6 Å². The molecule has 0 fully saturated rings. The molecule has 2 aromatic rings. The Labute approximate surface area is 128 Å². The summed E-state index contributed by atoms with van der Waals surface area (Å²) in [5, 5.41) is 6.31. The molecule has 1 amide bonds. The highest BCUT2D eigenvalue weighted by atomic mass is 35.5. The van der Waals surface area contributed by atoms with Gasteiger partial charge in [-0.15, -0.1) is 0 Å². The third-order valence-corrected chi connectivity index (χ3v) is 3.11. The topological polar surface area (TPSA) is 41.1 Å². The van der Waals surface area contributed by atoms with Crippen molar-refractivity contribution in [3.63, 3.8) is 0 Å². The Morgan fingerprint density at radius 1 is 1.24 bits per heavy atom. The maximum absolute atomic E-state index is 13.1. The molecule has 5 heteroatoms. The summed E-state index contributed by atoms with van der Waals surface area (Å²) in [7, 11) is 0. The molecular weight excluding hydrogens is 291 g/mol. The molecule has 0 heterocycles. The van der Waals surface area contributed by atoms with Crippen molar-refractivity contribution >= 4 is 28.9 Å². The fourth-order valence-corrected chi connectivity index (χ4v) is 2.05. The number of halogens is 2. The summed E-state index contributed by atoms with van der Waals surface area (Å²) in [4.78, 5) is 12.3. The molecule has 0 spiro atoms. The number of nitrogens with one attached hydrogen (secondary N) is 2. The first kappa shape index (κ1) is 15.3. The molecule has 0 unspecified atom stereocenters. The fourth-order valence-electron chi connectivity index (χ4n) is 1.88. The lowest BCUT2D eigenvalue weighted by Crippen LogP contribution is -2.15. The molecular formula is C16H16ClFN2O. The molecule has 2 N–H and O–H groups in total. The molecule has 3 nitrogen and oxygen atoms in total. The van der Waals surface area contributed by atoms with Gasteiger partial charge in [0.05, 0.1) is 5.56 Å². The normalized spacial score (nSPS) is 10.2. The van der Waals surface area contributed by atoms with Gasteiger partial charge in [0.15, 0.2) is 0 Å². The van der Waals surface area contributed by atoms with Gasteiger partial charge in [0.2, 0.25) is 0 Å². The molecule has 0 aliphatic rings. The number of carbonyl (C=O) groups is 1. The lowest BCUT2D eigenvalue weighted by atomic mass is 10.1. The van der Waals surface area contributed by atoms with Gasteiger partial charge in [-0.25, -0.2) is 4.39 Å². The van der Waals surface area contributed by atoms with E-state index in [1.807, 2.05) is 6.92 Å². The van der Waals surface area contributed by atoms with Crippen molar-refractivity contribution in [2.24, 2.45) is 0 Å². The number of carbonyl (C=O) groups excluding carboxylic acids is 1. The molecule has 0 atom stereocenters. The number of benzene rings is 2. The van der Waals surface area contributed by atoms with Crippen molar-refractivity contribution in [1.29, 1.82) is 0 Å². The molecule has 0 radical (unpaired) electrons. The fraction of sp³-hybridized carbons (Fsp3) is 0.188. The van der Waals surface area contributed by atoms with Crippen LogP contribution < -0.4 is 10.6 Å². The summed E-state index contributed by atoms with van der Waals surface area (Å²) in [6, 6.07) is 10.8. The van der Waals surface area contributed by atoms with E-state index in [0.29, 0.717) is 22.0 Å². The van der Waals surface area contributed by atoms with Gasteiger partial charge in [-0.1, -0.05) is 24.6 Å². The van der Waals surface area contributed by atoms with Crippen LogP contribution in [-0.2, 0) is 0 Å². The molecule has 0 aliphatic heterocycles. The van der Waals surface area contributed by atoms with E-state index < -0.39 is 5.82 Å². The minimum absolute atomic E-state index is 0.332. The molecule has 0 saturated carbocycles. The predicted octanol–water partition coefficient (Wildman–Crippen LogP) is 4.55. The first-order chi connectivity index (χ1) is 10.1. The van der Waals surface area contributed by atoms with Gasteiger partial charge in [-0.3, -0.25) is 4.79 Å². The SMILES string of the molecule is CCCNc1ccc(Cl)cc1C(=O)Nc1cccc(F)c1. The second kappa shape index (κ2) is 7.09. The monoisotopic (exact) mass is 306 g/mol. The number of hydrogen-bond donors (Lipinski definition) is 2. The standard InChI is InChI=1S/C16H16ClFN2O/c1-2-8-19-15-7-6-11(17)9-14(15)16(21)20-13-5-3-4-12(18)10-13/h3-7,9-10,19H,2,8H2,1H3,(H,20,21). The summed E-state index contributed by atoms with van der Waals surface area (Å²) in [6.45, 7) is 2.79. The van der Waals surface area contributed by atoms with E-state index >= 15 is 0 Å². The number of hydrogen-bond acceptors (Lipinski definition) is 2. The van der Waals surface area contributed by atoms with Crippen LogP contribution in [0.4, 0.5) is 15.8 Å². The van der Waals surface area contributed by atoms with E-state index in [-0.39, 0.29) is 5.91 Å². The van der Waals surface area contributed by atoms with Crippen molar-refractivity contribution in [3.05, 3.63) is 58.9 Å². The zero-order chi connectivity index (χ0) is 15.2. The first-order valence-electron chi connectivity index (χ1n) is 6.70. The predicted molar refractivity (Wildman–Crippen MR) is 84.6 cm³/mol. The lowest BCUT2D eigenvalue weighted by Gasteiger charge is -2.12. The van der Waals surface area contributed by atoms with Crippen molar-refractivity contribution in [2.45, 2.75) is 13.3 Å². The summed E-state index contributed by atoms with van der Waals surface area (Å²) < 4.78 is 13.1. The number of rotatable bonds is 5. The Balaban J connectivity index is 2.23. The van der Waals surface area contributed by atoms with Gasteiger partial charge in [-0.2, -0.15) is 0 Å².